The van der Waals surface area contributed by atoms with Crippen LogP contribution in [-0.4, -0.2) is 17.5 Å². The minimum Gasteiger partial charge on any atom is -0.317 e. The lowest BCUT2D eigenvalue weighted by Gasteiger charge is -2.29. The fourth-order valence-corrected chi connectivity index (χ4v) is 2.83. The number of alkyl halides is 1. The Morgan fingerprint density at radius 3 is 2.60 bits per heavy atom. The van der Waals surface area contributed by atoms with Gasteiger partial charge in [-0.05, 0) is 25.8 Å². The molecule has 0 bridgehead atoms. The van der Waals surface area contributed by atoms with Gasteiger partial charge in [0.15, 0.2) is 0 Å². The molecule has 1 saturated carbocycles. The predicted octanol–water partition coefficient (Wildman–Crippen LogP) is 2.20. The van der Waals surface area contributed by atoms with Gasteiger partial charge >= 0.3 is 0 Å². The Balaban J connectivity index is 2.34. The molecular formula is C8H16IN. The zero-order valence-corrected chi connectivity index (χ0v) is 8.73. The van der Waals surface area contributed by atoms with Gasteiger partial charge in [0.2, 0.25) is 0 Å². The van der Waals surface area contributed by atoms with Gasteiger partial charge in [-0.15, -0.1) is 0 Å². The van der Waals surface area contributed by atoms with E-state index in [1.54, 1.807) is 0 Å². The zero-order chi connectivity index (χ0) is 7.40. The molecule has 0 amide bonds. The molecule has 1 rings (SSSR count). The van der Waals surface area contributed by atoms with Crippen LogP contribution in [0.4, 0.5) is 0 Å². The number of hydrogen-bond donors (Lipinski definition) is 1. The van der Waals surface area contributed by atoms with Gasteiger partial charge in [0.25, 0.3) is 0 Å². The number of halogens is 1. The highest BCUT2D eigenvalue weighted by Crippen LogP contribution is 2.25. The molecule has 10 heavy (non-hydrogen) atoms. The molecule has 0 spiro atoms. The molecule has 2 heteroatoms. The minimum absolute atomic E-state index is 0.811. The fourth-order valence-electron chi connectivity index (χ4n) is 1.77. The molecule has 1 N–H and O–H groups in total. The van der Waals surface area contributed by atoms with Crippen molar-refractivity contribution in [2.75, 3.05) is 11.5 Å². The van der Waals surface area contributed by atoms with Crippen molar-refractivity contribution in [2.24, 2.45) is 5.92 Å². The van der Waals surface area contributed by atoms with Crippen molar-refractivity contribution in [2.45, 2.75) is 31.7 Å². The van der Waals surface area contributed by atoms with Crippen LogP contribution in [0.3, 0.4) is 0 Å². The third-order valence-electron chi connectivity index (χ3n) is 2.48. The van der Waals surface area contributed by atoms with Crippen LogP contribution in [0.2, 0.25) is 0 Å². The van der Waals surface area contributed by atoms with Gasteiger partial charge in [0.05, 0.1) is 0 Å². The van der Waals surface area contributed by atoms with Crippen molar-refractivity contribution in [3.8, 4) is 0 Å². The van der Waals surface area contributed by atoms with Gasteiger partial charge in [-0.3, -0.25) is 0 Å². The summed E-state index contributed by atoms with van der Waals surface area (Å²) in [5, 5.41) is 3.40. The summed E-state index contributed by atoms with van der Waals surface area (Å²) in [7, 11) is 2.09. The monoisotopic (exact) mass is 253 g/mol. The second-order valence-electron chi connectivity index (χ2n) is 3.09. The molecule has 1 aliphatic rings. The quantitative estimate of drug-likeness (QED) is 0.587. The number of rotatable bonds is 2. The topological polar surface area (TPSA) is 12.0 Å². The first-order chi connectivity index (χ1) is 4.88. The standard InChI is InChI=1S/C8H16IN/c1-10-8-5-3-2-4-7(8)6-9/h7-8,10H,2-6H2,1H3. The Bertz CT molecular complexity index is 83.3. The molecule has 0 saturated heterocycles. The summed E-state index contributed by atoms with van der Waals surface area (Å²) in [5.74, 6) is 0.944. The molecule has 1 fully saturated rings. The second kappa shape index (κ2) is 4.54. The Morgan fingerprint density at radius 2 is 2.10 bits per heavy atom. The first-order valence-corrected chi connectivity index (χ1v) is 5.64. The van der Waals surface area contributed by atoms with Gasteiger partial charge in [0, 0.05) is 10.5 Å². The van der Waals surface area contributed by atoms with E-state index in [-0.39, 0.29) is 0 Å². The second-order valence-corrected chi connectivity index (χ2v) is 3.97. The van der Waals surface area contributed by atoms with Crippen molar-refractivity contribution in [3.05, 3.63) is 0 Å². The van der Waals surface area contributed by atoms with Crippen molar-refractivity contribution < 1.29 is 0 Å². The van der Waals surface area contributed by atoms with Gasteiger partial charge in [-0.25, -0.2) is 0 Å². The van der Waals surface area contributed by atoms with E-state index in [0.29, 0.717) is 0 Å². The van der Waals surface area contributed by atoms with Crippen molar-refractivity contribution >= 4 is 22.6 Å². The van der Waals surface area contributed by atoms with Crippen LogP contribution in [0.25, 0.3) is 0 Å². The van der Waals surface area contributed by atoms with Crippen molar-refractivity contribution in [1.29, 1.82) is 0 Å². The summed E-state index contributed by atoms with van der Waals surface area (Å²) >= 11 is 2.51. The third-order valence-corrected chi connectivity index (χ3v) is 3.61. The molecule has 60 valence electrons. The van der Waals surface area contributed by atoms with Gasteiger partial charge in [-0.2, -0.15) is 0 Å². The molecule has 1 aliphatic carbocycles. The molecule has 0 aromatic heterocycles. The molecule has 2 atom stereocenters. The van der Waals surface area contributed by atoms with Crippen molar-refractivity contribution in [1.82, 2.24) is 5.32 Å². The lowest BCUT2D eigenvalue weighted by atomic mass is 9.86. The summed E-state index contributed by atoms with van der Waals surface area (Å²) in [5.41, 5.74) is 0. The highest BCUT2D eigenvalue weighted by atomic mass is 127. The Hall–Kier alpha value is 0.690. The minimum atomic E-state index is 0.811. The van der Waals surface area contributed by atoms with Crippen molar-refractivity contribution in [3.63, 3.8) is 0 Å². The molecule has 0 aromatic carbocycles. The van der Waals surface area contributed by atoms with Gasteiger partial charge in [0.1, 0.15) is 0 Å². The first-order valence-electron chi connectivity index (χ1n) is 4.11. The lowest BCUT2D eigenvalue weighted by molar-refractivity contribution is 0.302. The van der Waals surface area contributed by atoms with E-state index in [1.165, 1.54) is 30.1 Å². The number of nitrogens with one attached hydrogen (secondary N) is 1. The van der Waals surface area contributed by atoms with E-state index in [4.69, 9.17) is 0 Å². The number of hydrogen-bond acceptors (Lipinski definition) is 1. The van der Waals surface area contributed by atoms with Crippen LogP contribution < -0.4 is 5.32 Å². The van der Waals surface area contributed by atoms with Crippen LogP contribution >= 0.6 is 22.6 Å². The maximum Gasteiger partial charge on any atom is 0.00996 e. The SMILES string of the molecule is CNC1CCCCC1CI. The van der Waals surface area contributed by atoms with E-state index in [9.17, 15) is 0 Å². The predicted molar refractivity (Wildman–Crippen MR) is 53.7 cm³/mol. The van der Waals surface area contributed by atoms with Crippen LogP contribution in [0.15, 0.2) is 0 Å². The van der Waals surface area contributed by atoms with E-state index in [1.807, 2.05) is 0 Å². The Kier molecular flexibility index (Phi) is 3.99. The van der Waals surface area contributed by atoms with Crippen LogP contribution in [0.5, 0.6) is 0 Å². The Labute approximate surface area is 77.1 Å². The van der Waals surface area contributed by atoms with E-state index < -0.39 is 0 Å². The van der Waals surface area contributed by atoms with Gasteiger partial charge in [-0.1, -0.05) is 35.4 Å². The maximum absolute atomic E-state index is 3.40. The van der Waals surface area contributed by atoms with E-state index in [0.717, 1.165) is 12.0 Å². The van der Waals surface area contributed by atoms with E-state index in [2.05, 4.69) is 35.0 Å². The largest absolute Gasteiger partial charge is 0.317 e. The van der Waals surface area contributed by atoms with Gasteiger partial charge < -0.3 is 5.32 Å². The molecule has 0 radical (unpaired) electrons. The summed E-state index contributed by atoms with van der Waals surface area (Å²) in [4.78, 5) is 0. The van der Waals surface area contributed by atoms with E-state index >= 15 is 0 Å². The molecular weight excluding hydrogens is 237 g/mol. The highest BCUT2D eigenvalue weighted by molar-refractivity contribution is 14.1. The molecule has 0 aliphatic heterocycles. The maximum atomic E-state index is 3.40. The fraction of sp³-hybridized carbons (Fsp3) is 1.00. The van der Waals surface area contributed by atoms with Crippen LogP contribution in [0.1, 0.15) is 25.7 Å². The average Bonchev–Trinajstić information content (AvgIpc) is 2.04. The first kappa shape index (κ1) is 8.78. The summed E-state index contributed by atoms with van der Waals surface area (Å²) < 4.78 is 1.32. The summed E-state index contributed by atoms with van der Waals surface area (Å²) in [6.07, 6.45) is 5.71. The lowest BCUT2D eigenvalue weighted by Crippen LogP contribution is -2.36. The molecule has 1 nitrogen and oxygen atoms in total. The highest BCUT2D eigenvalue weighted by Gasteiger charge is 2.21. The summed E-state index contributed by atoms with van der Waals surface area (Å²) in [6, 6.07) is 0.811. The smallest absolute Gasteiger partial charge is 0.00996 e. The third kappa shape index (κ3) is 2.09. The zero-order valence-electron chi connectivity index (χ0n) is 6.57. The van der Waals surface area contributed by atoms with Crippen LogP contribution in [-0.2, 0) is 0 Å². The summed E-state index contributed by atoms with van der Waals surface area (Å²) in [6.45, 7) is 0. The molecule has 0 aromatic rings. The molecule has 0 heterocycles. The van der Waals surface area contributed by atoms with Crippen LogP contribution in [0, 0.1) is 5.92 Å². The molecule has 2 unspecified atom stereocenters. The Morgan fingerprint density at radius 1 is 1.40 bits per heavy atom. The normalized spacial score (nSPS) is 34.2. The average molecular weight is 253 g/mol.